The van der Waals surface area contributed by atoms with E-state index in [9.17, 15) is 9.90 Å². The number of aryl methyl sites for hydroxylation is 1. The molecular formula is C30H25IN2O4S. The lowest BCUT2D eigenvalue weighted by Gasteiger charge is -2.30. The van der Waals surface area contributed by atoms with Crippen molar-refractivity contribution in [3.05, 3.63) is 112 Å². The zero-order valence-electron chi connectivity index (χ0n) is 20.9. The number of phenolic OH excluding ortho intramolecular Hbond substituents is 1. The molecule has 0 amide bonds. The average Bonchev–Trinajstić information content (AvgIpc) is 3.24. The van der Waals surface area contributed by atoms with Crippen LogP contribution in [0, 0.1) is 3.57 Å². The molecule has 0 radical (unpaired) electrons. The van der Waals surface area contributed by atoms with E-state index in [0.717, 1.165) is 46.6 Å². The molecule has 0 bridgehead atoms. The van der Waals surface area contributed by atoms with Crippen LogP contribution in [0.3, 0.4) is 0 Å². The highest BCUT2D eigenvalue weighted by molar-refractivity contribution is 14.1. The van der Waals surface area contributed by atoms with Crippen molar-refractivity contribution in [2.45, 2.75) is 25.8 Å². The summed E-state index contributed by atoms with van der Waals surface area (Å²) in [6.07, 6.45) is 3.60. The molecule has 1 N–H and O–H groups in total. The Morgan fingerprint density at radius 1 is 1.16 bits per heavy atom. The maximum Gasteiger partial charge on any atom is 0.271 e. The largest absolute Gasteiger partial charge is 0.504 e. The van der Waals surface area contributed by atoms with Crippen molar-refractivity contribution in [2.75, 3.05) is 13.7 Å². The summed E-state index contributed by atoms with van der Waals surface area (Å²) in [7, 11) is 1.65. The van der Waals surface area contributed by atoms with E-state index in [1.807, 2.05) is 54.0 Å². The number of rotatable bonds is 5. The molecule has 1 atom stereocenters. The minimum atomic E-state index is -0.249. The quantitative estimate of drug-likeness (QED) is 0.312. The van der Waals surface area contributed by atoms with Gasteiger partial charge in [-0.3, -0.25) is 9.36 Å². The number of aromatic hydroxyl groups is 1. The van der Waals surface area contributed by atoms with Crippen LogP contribution in [0.4, 0.5) is 0 Å². The number of fused-ring (bicyclic) bond motifs is 3. The molecule has 1 aliphatic carbocycles. The van der Waals surface area contributed by atoms with Crippen molar-refractivity contribution in [3.63, 3.8) is 0 Å². The molecule has 0 saturated heterocycles. The van der Waals surface area contributed by atoms with Crippen LogP contribution in [0.15, 0.2) is 76.0 Å². The molecule has 4 aromatic rings. The first-order chi connectivity index (χ1) is 18.5. The van der Waals surface area contributed by atoms with Gasteiger partial charge >= 0.3 is 0 Å². The van der Waals surface area contributed by atoms with E-state index in [0.29, 0.717) is 25.3 Å². The number of thiazole rings is 1. The number of aromatic nitrogens is 1. The molecule has 192 valence electrons. The second-order valence-corrected chi connectivity index (χ2v) is 11.3. The normalized spacial score (nSPS) is 16.4. The molecule has 0 spiro atoms. The summed E-state index contributed by atoms with van der Waals surface area (Å²) < 4.78 is 14.1. The zero-order valence-corrected chi connectivity index (χ0v) is 23.9. The summed E-state index contributed by atoms with van der Waals surface area (Å²) in [5, 5.41) is 10.4. The van der Waals surface area contributed by atoms with E-state index in [2.05, 4.69) is 40.8 Å². The lowest BCUT2D eigenvalue weighted by atomic mass is 9.83. The zero-order chi connectivity index (χ0) is 26.4. The van der Waals surface area contributed by atoms with Crippen LogP contribution in [-0.2, 0) is 6.42 Å². The summed E-state index contributed by atoms with van der Waals surface area (Å²) >= 11 is 3.46. The monoisotopic (exact) mass is 636 g/mol. The van der Waals surface area contributed by atoms with Crippen LogP contribution in [-0.4, -0.2) is 23.4 Å². The van der Waals surface area contributed by atoms with Gasteiger partial charge in [0.1, 0.15) is 5.75 Å². The standard InChI is InChI=1S/C30H25IN2O4S/c1-3-37-24-15-17(14-23(31)28(24)34)16-25-29(35)33-27(19-8-11-20(36-2)12-9-19)22-13-10-18-6-4-5-7-21(18)26(22)32-30(33)38-25/h4-9,11-12,14-16,27,34H,3,10,13H2,1-2H3/b25-16-/t27-/m0/s1. The number of phenols is 1. The Morgan fingerprint density at radius 2 is 1.95 bits per heavy atom. The minimum absolute atomic E-state index is 0.0824. The smallest absolute Gasteiger partial charge is 0.271 e. The van der Waals surface area contributed by atoms with Crippen molar-refractivity contribution in [2.24, 2.45) is 4.99 Å². The Kier molecular flexibility index (Phi) is 6.61. The third kappa shape index (κ3) is 4.25. The topological polar surface area (TPSA) is 73.0 Å². The van der Waals surface area contributed by atoms with Crippen molar-refractivity contribution in [3.8, 4) is 17.2 Å². The first-order valence-electron chi connectivity index (χ1n) is 12.4. The molecular weight excluding hydrogens is 611 g/mol. The van der Waals surface area contributed by atoms with E-state index in [1.165, 1.54) is 16.9 Å². The van der Waals surface area contributed by atoms with E-state index in [1.54, 1.807) is 13.2 Å². The molecule has 38 heavy (non-hydrogen) atoms. The van der Waals surface area contributed by atoms with Crippen LogP contribution in [0.5, 0.6) is 17.2 Å². The SMILES string of the molecule is CCOc1cc(/C=c2\sc3n(c2=O)[C@@H](c2ccc(OC)cc2)C2=C(N=3)c3ccccc3CC2)cc(I)c1O. The van der Waals surface area contributed by atoms with Gasteiger partial charge in [0.2, 0.25) is 0 Å². The van der Waals surface area contributed by atoms with Crippen LogP contribution < -0.4 is 24.4 Å². The van der Waals surface area contributed by atoms with Crippen molar-refractivity contribution < 1.29 is 14.6 Å². The second kappa shape index (κ2) is 10.1. The van der Waals surface area contributed by atoms with Crippen molar-refractivity contribution in [1.82, 2.24) is 4.57 Å². The molecule has 2 heterocycles. The van der Waals surface area contributed by atoms with Gasteiger partial charge in [-0.1, -0.05) is 47.7 Å². The Balaban J connectivity index is 1.58. The van der Waals surface area contributed by atoms with Gasteiger partial charge in [0.15, 0.2) is 16.3 Å². The fourth-order valence-electron chi connectivity index (χ4n) is 5.20. The predicted molar refractivity (Wildman–Crippen MR) is 158 cm³/mol. The lowest BCUT2D eigenvalue weighted by molar-refractivity contribution is 0.317. The summed E-state index contributed by atoms with van der Waals surface area (Å²) in [6.45, 7) is 2.31. The molecule has 0 saturated carbocycles. The Labute approximate surface area is 237 Å². The van der Waals surface area contributed by atoms with E-state index >= 15 is 0 Å². The Hall–Kier alpha value is -3.37. The number of hydrogen-bond acceptors (Lipinski definition) is 6. The number of ether oxygens (including phenoxy) is 2. The number of methoxy groups -OCH3 is 1. The summed E-state index contributed by atoms with van der Waals surface area (Å²) in [5.41, 5.74) is 6.28. The number of allylic oxidation sites excluding steroid dienone is 1. The van der Waals surface area contributed by atoms with Gasteiger partial charge < -0.3 is 14.6 Å². The van der Waals surface area contributed by atoms with Gasteiger partial charge in [-0.15, -0.1) is 0 Å². The highest BCUT2D eigenvalue weighted by Crippen LogP contribution is 2.41. The minimum Gasteiger partial charge on any atom is -0.504 e. The lowest BCUT2D eigenvalue weighted by Crippen LogP contribution is -2.38. The van der Waals surface area contributed by atoms with Crippen LogP contribution in [0.25, 0.3) is 11.8 Å². The number of halogens is 1. The summed E-state index contributed by atoms with van der Waals surface area (Å²) in [6, 6.07) is 19.7. The van der Waals surface area contributed by atoms with Crippen molar-refractivity contribution >= 4 is 45.7 Å². The van der Waals surface area contributed by atoms with Gasteiger partial charge in [0.25, 0.3) is 5.56 Å². The van der Waals surface area contributed by atoms with Gasteiger partial charge in [-0.25, -0.2) is 4.99 Å². The molecule has 3 aromatic carbocycles. The van der Waals surface area contributed by atoms with Crippen LogP contribution in [0.1, 0.15) is 41.6 Å². The van der Waals surface area contributed by atoms with E-state index in [4.69, 9.17) is 14.5 Å². The van der Waals surface area contributed by atoms with Crippen LogP contribution in [0.2, 0.25) is 0 Å². The fourth-order valence-corrected chi connectivity index (χ4v) is 6.83. The van der Waals surface area contributed by atoms with E-state index in [-0.39, 0.29) is 17.4 Å². The summed E-state index contributed by atoms with van der Waals surface area (Å²) in [5.74, 6) is 1.29. The third-order valence-electron chi connectivity index (χ3n) is 6.95. The second-order valence-electron chi connectivity index (χ2n) is 9.17. The highest BCUT2D eigenvalue weighted by Gasteiger charge is 2.32. The molecule has 1 aromatic heterocycles. The molecule has 0 fully saturated rings. The molecule has 8 heteroatoms. The maximum atomic E-state index is 14.0. The molecule has 2 aliphatic rings. The predicted octanol–water partition coefficient (Wildman–Crippen LogP) is 5.04. The Bertz CT molecular complexity index is 1770. The van der Waals surface area contributed by atoms with Gasteiger partial charge in [0.05, 0.1) is 33.6 Å². The maximum absolute atomic E-state index is 14.0. The van der Waals surface area contributed by atoms with Crippen molar-refractivity contribution in [1.29, 1.82) is 0 Å². The highest BCUT2D eigenvalue weighted by atomic mass is 127. The third-order valence-corrected chi connectivity index (χ3v) is 8.76. The van der Waals surface area contributed by atoms with Crippen LogP contribution >= 0.6 is 33.9 Å². The first kappa shape index (κ1) is 24.9. The fraction of sp³-hybridized carbons (Fsp3) is 0.200. The molecule has 1 aliphatic heterocycles. The molecule has 6 nitrogen and oxygen atoms in total. The number of hydrogen-bond donors (Lipinski definition) is 1. The number of nitrogens with zero attached hydrogens (tertiary/aromatic N) is 2. The number of benzene rings is 3. The average molecular weight is 637 g/mol. The van der Waals surface area contributed by atoms with Gasteiger partial charge in [-0.2, -0.15) is 0 Å². The van der Waals surface area contributed by atoms with Gasteiger partial charge in [-0.05, 0) is 95.0 Å². The first-order valence-corrected chi connectivity index (χ1v) is 14.3. The van der Waals surface area contributed by atoms with Gasteiger partial charge in [0, 0.05) is 5.56 Å². The molecule has 6 rings (SSSR count). The molecule has 0 unspecified atom stereocenters. The van der Waals surface area contributed by atoms with E-state index < -0.39 is 0 Å². The summed E-state index contributed by atoms with van der Waals surface area (Å²) in [4.78, 5) is 19.7. The Morgan fingerprint density at radius 3 is 2.71 bits per heavy atom.